The van der Waals surface area contributed by atoms with Gasteiger partial charge in [0.05, 0.1) is 0 Å². The molecule has 80 valence electrons. The van der Waals surface area contributed by atoms with Crippen LogP contribution in [0.15, 0.2) is 0 Å². The number of nitrogens with one attached hydrogen (secondary N) is 1. The van der Waals surface area contributed by atoms with Gasteiger partial charge in [-0.3, -0.25) is 0 Å². The lowest BCUT2D eigenvalue weighted by Crippen LogP contribution is -2.55. The zero-order valence-corrected chi connectivity index (χ0v) is 8.70. The first-order chi connectivity index (χ1) is 6.66. The lowest BCUT2D eigenvalue weighted by molar-refractivity contribution is 0.0512. The van der Waals surface area contributed by atoms with Crippen LogP contribution in [0.5, 0.6) is 0 Å². The highest BCUT2D eigenvalue weighted by molar-refractivity contribution is 5.71. The van der Waals surface area contributed by atoms with Gasteiger partial charge in [0.25, 0.3) is 0 Å². The van der Waals surface area contributed by atoms with Gasteiger partial charge in [-0.05, 0) is 32.7 Å². The van der Waals surface area contributed by atoms with E-state index in [1.165, 1.54) is 19.3 Å². The van der Waals surface area contributed by atoms with Crippen molar-refractivity contribution in [2.24, 2.45) is 5.73 Å². The van der Waals surface area contributed by atoms with Crippen LogP contribution in [0.3, 0.4) is 0 Å². The number of primary amides is 1. The van der Waals surface area contributed by atoms with Crippen LogP contribution in [0.1, 0.15) is 32.1 Å². The third-order valence-corrected chi connectivity index (χ3v) is 3.69. The topological polar surface area (TPSA) is 58.4 Å². The number of piperidine rings is 2. The molecule has 0 saturated carbocycles. The van der Waals surface area contributed by atoms with Crippen molar-refractivity contribution in [3.8, 4) is 0 Å². The molecule has 0 aromatic carbocycles. The van der Waals surface area contributed by atoms with Gasteiger partial charge in [-0.15, -0.1) is 0 Å². The number of hydrogen-bond acceptors (Lipinski definition) is 2. The Morgan fingerprint density at radius 1 is 1.36 bits per heavy atom. The SMILES string of the molecule is CN1[C@@H]2CCC[C@H]1C[C@@H](NC(N)=O)C2. The first-order valence-corrected chi connectivity index (χ1v) is 5.44. The summed E-state index contributed by atoms with van der Waals surface area (Å²) in [5, 5.41) is 2.84. The minimum absolute atomic E-state index is 0.305. The quantitative estimate of drug-likeness (QED) is 0.649. The van der Waals surface area contributed by atoms with Crippen molar-refractivity contribution in [2.75, 3.05) is 7.05 Å². The fraction of sp³-hybridized carbons (Fsp3) is 0.900. The van der Waals surface area contributed by atoms with E-state index in [1.54, 1.807) is 0 Å². The van der Waals surface area contributed by atoms with Crippen molar-refractivity contribution < 1.29 is 4.79 Å². The van der Waals surface area contributed by atoms with Crippen molar-refractivity contribution in [1.82, 2.24) is 10.2 Å². The number of carbonyl (C=O) groups excluding carboxylic acids is 1. The first-order valence-electron chi connectivity index (χ1n) is 5.44. The van der Waals surface area contributed by atoms with Crippen molar-refractivity contribution in [1.29, 1.82) is 0 Å². The average Bonchev–Trinajstić information content (AvgIpc) is 2.05. The third-order valence-electron chi connectivity index (χ3n) is 3.69. The van der Waals surface area contributed by atoms with Crippen LogP contribution in [-0.2, 0) is 0 Å². The standard InChI is InChI=1S/C10H19N3O/c1-13-8-3-2-4-9(13)6-7(5-8)12-10(11)14/h7-9H,2-6H2,1H3,(H3,11,12,14)/t7-,8+,9-. The minimum atomic E-state index is -0.377. The van der Waals surface area contributed by atoms with Crippen LogP contribution in [-0.4, -0.2) is 36.1 Å². The molecule has 2 aliphatic heterocycles. The van der Waals surface area contributed by atoms with Gasteiger partial charge in [-0.1, -0.05) is 6.42 Å². The summed E-state index contributed by atoms with van der Waals surface area (Å²) >= 11 is 0. The largest absolute Gasteiger partial charge is 0.352 e. The summed E-state index contributed by atoms with van der Waals surface area (Å²) in [4.78, 5) is 13.2. The predicted molar refractivity (Wildman–Crippen MR) is 54.9 cm³/mol. The monoisotopic (exact) mass is 197 g/mol. The van der Waals surface area contributed by atoms with E-state index in [0.29, 0.717) is 18.1 Å². The Bertz CT molecular complexity index is 217. The maximum Gasteiger partial charge on any atom is 0.312 e. The molecule has 14 heavy (non-hydrogen) atoms. The molecule has 2 aliphatic rings. The van der Waals surface area contributed by atoms with Gasteiger partial charge in [0.1, 0.15) is 0 Å². The third kappa shape index (κ3) is 1.85. The van der Waals surface area contributed by atoms with Crippen molar-refractivity contribution in [2.45, 2.75) is 50.2 Å². The molecule has 4 heteroatoms. The smallest absolute Gasteiger partial charge is 0.312 e. The van der Waals surface area contributed by atoms with E-state index in [4.69, 9.17) is 5.73 Å². The molecular formula is C10H19N3O. The Balaban J connectivity index is 1.97. The molecular weight excluding hydrogens is 178 g/mol. The van der Waals surface area contributed by atoms with E-state index in [1.807, 2.05) is 0 Å². The summed E-state index contributed by atoms with van der Waals surface area (Å²) in [6.07, 6.45) is 6.00. The molecule has 0 aromatic rings. The Labute approximate surface area is 84.8 Å². The number of carbonyl (C=O) groups is 1. The van der Waals surface area contributed by atoms with E-state index in [-0.39, 0.29) is 6.03 Å². The van der Waals surface area contributed by atoms with Gasteiger partial charge in [0, 0.05) is 18.1 Å². The van der Waals surface area contributed by atoms with Crippen LogP contribution in [0.2, 0.25) is 0 Å². The second-order valence-electron chi connectivity index (χ2n) is 4.58. The number of nitrogens with two attached hydrogens (primary N) is 1. The maximum atomic E-state index is 10.8. The second-order valence-corrected chi connectivity index (χ2v) is 4.58. The minimum Gasteiger partial charge on any atom is -0.352 e. The fourth-order valence-corrected chi connectivity index (χ4v) is 2.93. The highest BCUT2D eigenvalue weighted by atomic mass is 16.2. The van der Waals surface area contributed by atoms with Gasteiger partial charge in [0.2, 0.25) is 0 Å². The number of nitrogens with zero attached hydrogens (tertiary/aromatic N) is 1. The van der Waals surface area contributed by atoms with E-state index in [0.717, 1.165) is 12.8 Å². The highest BCUT2D eigenvalue weighted by Gasteiger charge is 2.36. The molecule has 2 rings (SSSR count). The molecule has 3 N–H and O–H groups in total. The lowest BCUT2D eigenvalue weighted by Gasteiger charge is -2.47. The number of fused-ring (bicyclic) bond motifs is 2. The molecule has 0 aliphatic carbocycles. The normalized spacial score (nSPS) is 37.9. The molecule has 0 radical (unpaired) electrons. The summed E-state index contributed by atoms with van der Waals surface area (Å²) in [6.45, 7) is 0. The summed E-state index contributed by atoms with van der Waals surface area (Å²) in [6, 6.07) is 1.23. The molecule has 2 fully saturated rings. The zero-order chi connectivity index (χ0) is 10.1. The Morgan fingerprint density at radius 3 is 2.43 bits per heavy atom. The summed E-state index contributed by atoms with van der Waals surface area (Å²) < 4.78 is 0. The van der Waals surface area contributed by atoms with Gasteiger partial charge in [-0.2, -0.15) is 0 Å². The number of amides is 2. The van der Waals surface area contributed by atoms with Crippen LogP contribution in [0.25, 0.3) is 0 Å². The molecule has 0 aromatic heterocycles. The first kappa shape index (κ1) is 9.77. The number of rotatable bonds is 1. The van der Waals surface area contributed by atoms with E-state index in [2.05, 4.69) is 17.3 Å². The van der Waals surface area contributed by atoms with Gasteiger partial charge in [-0.25, -0.2) is 4.79 Å². The van der Waals surface area contributed by atoms with Crippen LogP contribution >= 0.6 is 0 Å². The molecule has 4 nitrogen and oxygen atoms in total. The zero-order valence-electron chi connectivity index (χ0n) is 8.70. The van der Waals surface area contributed by atoms with Crippen LogP contribution in [0, 0.1) is 0 Å². The predicted octanol–water partition coefficient (Wildman–Crippen LogP) is 0.670. The number of urea groups is 1. The number of hydrogen-bond donors (Lipinski definition) is 2. The summed E-state index contributed by atoms with van der Waals surface area (Å²) in [5.74, 6) is 0. The summed E-state index contributed by atoms with van der Waals surface area (Å²) in [5.41, 5.74) is 5.14. The fourth-order valence-electron chi connectivity index (χ4n) is 2.93. The van der Waals surface area contributed by atoms with Gasteiger partial charge >= 0.3 is 6.03 Å². The van der Waals surface area contributed by atoms with Crippen LogP contribution in [0.4, 0.5) is 4.79 Å². The van der Waals surface area contributed by atoms with E-state index >= 15 is 0 Å². The summed E-state index contributed by atoms with van der Waals surface area (Å²) in [7, 11) is 2.20. The molecule has 0 spiro atoms. The molecule has 2 amide bonds. The van der Waals surface area contributed by atoms with Crippen molar-refractivity contribution in [3.05, 3.63) is 0 Å². The molecule has 3 atom stereocenters. The molecule has 0 unspecified atom stereocenters. The second kappa shape index (κ2) is 3.77. The van der Waals surface area contributed by atoms with Crippen molar-refractivity contribution in [3.63, 3.8) is 0 Å². The van der Waals surface area contributed by atoms with E-state index in [9.17, 15) is 4.79 Å². The van der Waals surface area contributed by atoms with Gasteiger partial charge < -0.3 is 16.0 Å². The Morgan fingerprint density at radius 2 is 1.93 bits per heavy atom. The lowest BCUT2D eigenvalue weighted by atomic mass is 9.82. The molecule has 2 bridgehead atoms. The van der Waals surface area contributed by atoms with Crippen molar-refractivity contribution >= 4 is 6.03 Å². The maximum absolute atomic E-state index is 10.8. The highest BCUT2D eigenvalue weighted by Crippen LogP contribution is 2.32. The average molecular weight is 197 g/mol. The Hall–Kier alpha value is -0.770. The molecule has 2 saturated heterocycles. The molecule has 2 heterocycles. The van der Waals surface area contributed by atoms with Crippen LogP contribution < -0.4 is 11.1 Å². The Kier molecular flexibility index (Phi) is 2.63. The van der Waals surface area contributed by atoms with E-state index < -0.39 is 0 Å². The van der Waals surface area contributed by atoms with Gasteiger partial charge in [0.15, 0.2) is 0 Å².